The molecule has 0 aromatic heterocycles. The van der Waals surface area contributed by atoms with Gasteiger partial charge in [0.25, 0.3) is 0 Å². The van der Waals surface area contributed by atoms with Crippen molar-refractivity contribution < 1.29 is 9.18 Å². The average molecular weight is 236 g/mol. The van der Waals surface area contributed by atoms with Gasteiger partial charge in [0.15, 0.2) is 0 Å². The lowest BCUT2D eigenvalue weighted by Crippen LogP contribution is -2.43. The summed E-state index contributed by atoms with van der Waals surface area (Å²) in [7, 11) is 0. The third kappa shape index (κ3) is 2.64. The maximum atomic E-state index is 12.9. The number of rotatable bonds is 1. The first-order valence-corrected chi connectivity index (χ1v) is 5.91. The lowest BCUT2D eigenvalue weighted by Gasteiger charge is -2.22. The first-order valence-electron chi connectivity index (χ1n) is 5.91. The molecule has 1 aromatic carbocycles. The summed E-state index contributed by atoms with van der Waals surface area (Å²) in [6.07, 6.45) is 0.896. The number of hydrogen-bond donors (Lipinski definition) is 1. The van der Waals surface area contributed by atoms with Crippen LogP contribution in [0.25, 0.3) is 0 Å². The molecule has 1 saturated heterocycles. The SMILES string of the molecule is CC1CCN(c2ccc(F)cc2)C(=O)C(C)N1. The van der Waals surface area contributed by atoms with E-state index in [1.165, 1.54) is 12.1 Å². The summed E-state index contributed by atoms with van der Waals surface area (Å²) in [4.78, 5) is 13.9. The van der Waals surface area contributed by atoms with Gasteiger partial charge in [-0.2, -0.15) is 0 Å². The molecule has 0 bridgehead atoms. The highest BCUT2D eigenvalue weighted by molar-refractivity contribution is 5.97. The van der Waals surface area contributed by atoms with Crippen molar-refractivity contribution in [1.82, 2.24) is 5.32 Å². The molecule has 4 heteroatoms. The summed E-state index contributed by atoms with van der Waals surface area (Å²) in [6, 6.07) is 6.19. The van der Waals surface area contributed by atoms with Gasteiger partial charge in [-0.15, -0.1) is 0 Å². The van der Waals surface area contributed by atoms with Crippen LogP contribution in [0, 0.1) is 5.82 Å². The Kier molecular flexibility index (Phi) is 3.43. The van der Waals surface area contributed by atoms with Gasteiger partial charge < -0.3 is 10.2 Å². The molecular weight excluding hydrogens is 219 g/mol. The van der Waals surface area contributed by atoms with E-state index in [9.17, 15) is 9.18 Å². The number of carbonyl (C=O) groups is 1. The maximum Gasteiger partial charge on any atom is 0.243 e. The molecule has 1 aliphatic rings. The third-order valence-electron chi connectivity index (χ3n) is 3.09. The second-order valence-electron chi connectivity index (χ2n) is 4.54. The summed E-state index contributed by atoms with van der Waals surface area (Å²) in [5, 5.41) is 3.24. The summed E-state index contributed by atoms with van der Waals surface area (Å²) >= 11 is 0. The van der Waals surface area contributed by atoms with Crippen LogP contribution in [0.1, 0.15) is 20.3 Å². The molecule has 2 atom stereocenters. The molecule has 2 unspecified atom stereocenters. The van der Waals surface area contributed by atoms with Crippen molar-refractivity contribution >= 4 is 11.6 Å². The first kappa shape index (κ1) is 12.0. The van der Waals surface area contributed by atoms with E-state index in [-0.39, 0.29) is 17.8 Å². The van der Waals surface area contributed by atoms with Crippen LogP contribution in [0.2, 0.25) is 0 Å². The number of amides is 1. The highest BCUT2D eigenvalue weighted by atomic mass is 19.1. The highest BCUT2D eigenvalue weighted by Crippen LogP contribution is 2.18. The number of carbonyl (C=O) groups excluding carboxylic acids is 1. The Bertz CT molecular complexity index is 404. The zero-order valence-corrected chi connectivity index (χ0v) is 10.1. The van der Waals surface area contributed by atoms with Crippen LogP contribution in [0.4, 0.5) is 10.1 Å². The quantitative estimate of drug-likeness (QED) is 0.808. The first-order chi connectivity index (χ1) is 8.08. The van der Waals surface area contributed by atoms with E-state index in [2.05, 4.69) is 12.2 Å². The normalized spacial score (nSPS) is 25.8. The number of anilines is 1. The van der Waals surface area contributed by atoms with E-state index in [0.29, 0.717) is 12.6 Å². The Hall–Kier alpha value is -1.42. The molecule has 1 amide bonds. The molecule has 1 aliphatic heterocycles. The largest absolute Gasteiger partial charge is 0.311 e. The predicted molar refractivity (Wildman–Crippen MR) is 65.4 cm³/mol. The van der Waals surface area contributed by atoms with Crippen LogP contribution in [0.15, 0.2) is 24.3 Å². The molecule has 0 aliphatic carbocycles. The minimum atomic E-state index is -0.282. The lowest BCUT2D eigenvalue weighted by molar-refractivity contribution is -0.119. The minimum Gasteiger partial charge on any atom is -0.311 e. The van der Waals surface area contributed by atoms with Crippen molar-refractivity contribution in [3.8, 4) is 0 Å². The van der Waals surface area contributed by atoms with E-state index >= 15 is 0 Å². The minimum absolute atomic E-state index is 0.0426. The van der Waals surface area contributed by atoms with E-state index in [4.69, 9.17) is 0 Å². The Balaban J connectivity index is 2.24. The molecule has 0 spiro atoms. The van der Waals surface area contributed by atoms with Crippen LogP contribution in [-0.2, 0) is 4.79 Å². The molecular formula is C13H17FN2O. The third-order valence-corrected chi connectivity index (χ3v) is 3.09. The van der Waals surface area contributed by atoms with Gasteiger partial charge in [-0.3, -0.25) is 4.79 Å². The Morgan fingerprint density at radius 1 is 1.29 bits per heavy atom. The Morgan fingerprint density at radius 2 is 1.94 bits per heavy atom. The predicted octanol–water partition coefficient (Wildman–Crippen LogP) is 1.93. The topological polar surface area (TPSA) is 32.3 Å². The summed E-state index contributed by atoms with van der Waals surface area (Å²) in [5.41, 5.74) is 0.763. The van der Waals surface area contributed by atoms with Crippen molar-refractivity contribution in [3.63, 3.8) is 0 Å². The van der Waals surface area contributed by atoms with Crippen molar-refractivity contribution in [2.45, 2.75) is 32.4 Å². The fraction of sp³-hybridized carbons (Fsp3) is 0.462. The van der Waals surface area contributed by atoms with Gasteiger partial charge in [-0.05, 0) is 44.5 Å². The monoisotopic (exact) mass is 236 g/mol. The molecule has 1 N–H and O–H groups in total. The number of halogens is 1. The fourth-order valence-corrected chi connectivity index (χ4v) is 2.13. The van der Waals surface area contributed by atoms with Crippen LogP contribution in [-0.4, -0.2) is 24.5 Å². The standard InChI is InChI=1S/C13H17FN2O/c1-9-7-8-16(13(17)10(2)15-9)12-5-3-11(14)4-6-12/h3-6,9-10,15H,7-8H2,1-2H3. The summed E-state index contributed by atoms with van der Waals surface area (Å²) in [5.74, 6) is -0.239. The van der Waals surface area contributed by atoms with Gasteiger partial charge >= 0.3 is 0 Å². The van der Waals surface area contributed by atoms with Crippen molar-refractivity contribution in [3.05, 3.63) is 30.1 Å². The number of hydrogen-bond acceptors (Lipinski definition) is 2. The van der Waals surface area contributed by atoms with Gasteiger partial charge in [0.05, 0.1) is 6.04 Å². The highest BCUT2D eigenvalue weighted by Gasteiger charge is 2.26. The maximum absolute atomic E-state index is 12.9. The van der Waals surface area contributed by atoms with Crippen molar-refractivity contribution in [2.24, 2.45) is 0 Å². The number of nitrogens with zero attached hydrogens (tertiary/aromatic N) is 1. The molecule has 1 fully saturated rings. The molecule has 3 nitrogen and oxygen atoms in total. The molecule has 1 heterocycles. The van der Waals surface area contributed by atoms with Crippen molar-refractivity contribution in [1.29, 1.82) is 0 Å². The zero-order valence-electron chi connectivity index (χ0n) is 10.1. The van der Waals surface area contributed by atoms with Crippen molar-refractivity contribution in [2.75, 3.05) is 11.4 Å². The van der Waals surface area contributed by atoms with Gasteiger partial charge in [0.2, 0.25) is 5.91 Å². The van der Waals surface area contributed by atoms with E-state index in [1.807, 2.05) is 6.92 Å². The van der Waals surface area contributed by atoms with E-state index in [1.54, 1.807) is 17.0 Å². The van der Waals surface area contributed by atoms with Gasteiger partial charge in [-0.25, -0.2) is 4.39 Å². The van der Waals surface area contributed by atoms with Gasteiger partial charge in [-0.1, -0.05) is 0 Å². The number of nitrogens with one attached hydrogen (secondary N) is 1. The molecule has 0 radical (unpaired) electrons. The summed E-state index contributed by atoms with van der Waals surface area (Å²) < 4.78 is 12.9. The van der Waals surface area contributed by atoms with Crippen LogP contribution >= 0.6 is 0 Å². The number of benzene rings is 1. The van der Waals surface area contributed by atoms with Crippen LogP contribution in [0.3, 0.4) is 0 Å². The molecule has 2 rings (SSSR count). The smallest absolute Gasteiger partial charge is 0.243 e. The van der Waals surface area contributed by atoms with Gasteiger partial charge in [0, 0.05) is 18.3 Å². The molecule has 0 saturated carbocycles. The molecule has 92 valence electrons. The molecule has 17 heavy (non-hydrogen) atoms. The van der Waals surface area contributed by atoms with Crippen LogP contribution < -0.4 is 10.2 Å². The lowest BCUT2D eigenvalue weighted by atomic mass is 10.2. The van der Waals surface area contributed by atoms with Crippen LogP contribution in [0.5, 0.6) is 0 Å². The van der Waals surface area contributed by atoms with E-state index in [0.717, 1.165) is 12.1 Å². The fourth-order valence-electron chi connectivity index (χ4n) is 2.13. The average Bonchev–Trinajstić information content (AvgIpc) is 2.42. The Labute approximate surface area is 101 Å². The molecule has 1 aromatic rings. The second-order valence-corrected chi connectivity index (χ2v) is 4.54. The Morgan fingerprint density at radius 3 is 2.59 bits per heavy atom. The van der Waals surface area contributed by atoms with Gasteiger partial charge in [0.1, 0.15) is 5.82 Å². The zero-order chi connectivity index (χ0) is 12.4. The van der Waals surface area contributed by atoms with E-state index < -0.39 is 0 Å². The summed E-state index contributed by atoms with van der Waals surface area (Å²) in [6.45, 7) is 4.60. The second kappa shape index (κ2) is 4.84.